The van der Waals surface area contributed by atoms with Gasteiger partial charge in [0.05, 0.1) is 20.3 Å². The summed E-state index contributed by atoms with van der Waals surface area (Å²) in [5, 5.41) is 8.39. The molecule has 1 aliphatic heterocycles. The second-order valence-corrected chi connectivity index (χ2v) is 5.79. The largest absolute Gasteiger partial charge is 0.497 e. The van der Waals surface area contributed by atoms with Gasteiger partial charge in [0, 0.05) is 18.2 Å². The number of hydrogen-bond acceptors (Lipinski definition) is 4. The highest BCUT2D eigenvalue weighted by atomic mass is 16.5. The van der Waals surface area contributed by atoms with E-state index < -0.39 is 6.04 Å². The first-order valence-corrected chi connectivity index (χ1v) is 8.11. The second kappa shape index (κ2) is 8.42. The lowest BCUT2D eigenvalue weighted by Gasteiger charge is -2.21. The van der Waals surface area contributed by atoms with E-state index in [1.165, 1.54) is 0 Å². The Bertz CT molecular complexity index is 591. The summed E-state index contributed by atoms with van der Waals surface area (Å²) in [5.74, 6) is 1.19. The molecule has 1 aliphatic rings. The molecule has 0 radical (unpaired) electrons. The Morgan fingerprint density at radius 3 is 2.79 bits per heavy atom. The first-order chi connectivity index (χ1) is 11.5. The molecule has 2 atom stereocenters. The minimum absolute atomic E-state index is 0.127. The number of urea groups is 1. The highest BCUT2D eigenvalue weighted by Crippen LogP contribution is 2.29. The maximum Gasteiger partial charge on any atom is 0.315 e. The van der Waals surface area contributed by atoms with E-state index in [2.05, 4.69) is 16.0 Å². The molecule has 24 heavy (non-hydrogen) atoms. The average molecular weight is 335 g/mol. The van der Waals surface area contributed by atoms with Gasteiger partial charge in [-0.3, -0.25) is 4.79 Å². The number of carbonyl (C=O) groups excluding carboxylic acids is 2. The number of nitrogens with one attached hydrogen (secondary N) is 3. The summed E-state index contributed by atoms with van der Waals surface area (Å²) in [6.45, 7) is 2.52. The van der Waals surface area contributed by atoms with Crippen LogP contribution in [0, 0.1) is 0 Å². The van der Waals surface area contributed by atoms with Crippen molar-refractivity contribution in [3.8, 4) is 11.5 Å². The van der Waals surface area contributed by atoms with Crippen LogP contribution in [0.3, 0.4) is 0 Å². The molecule has 3 N–H and O–H groups in total. The lowest BCUT2D eigenvalue weighted by Crippen LogP contribution is -2.49. The van der Waals surface area contributed by atoms with Gasteiger partial charge in [-0.25, -0.2) is 4.79 Å². The van der Waals surface area contributed by atoms with Crippen molar-refractivity contribution in [3.63, 3.8) is 0 Å². The van der Waals surface area contributed by atoms with Crippen LogP contribution in [0.15, 0.2) is 18.2 Å². The number of benzene rings is 1. The molecule has 7 nitrogen and oxygen atoms in total. The molecule has 1 fully saturated rings. The molecule has 0 aliphatic carbocycles. The van der Waals surface area contributed by atoms with Gasteiger partial charge < -0.3 is 25.4 Å². The van der Waals surface area contributed by atoms with Gasteiger partial charge in [-0.2, -0.15) is 0 Å². The molecular formula is C17H25N3O4. The van der Waals surface area contributed by atoms with Crippen molar-refractivity contribution in [2.24, 2.45) is 0 Å². The molecule has 1 aromatic rings. The zero-order valence-electron chi connectivity index (χ0n) is 14.3. The smallest absolute Gasteiger partial charge is 0.315 e. The molecule has 1 heterocycles. The molecule has 0 unspecified atom stereocenters. The first kappa shape index (κ1) is 17.9. The fourth-order valence-electron chi connectivity index (χ4n) is 2.73. The highest BCUT2D eigenvalue weighted by Gasteiger charge is 2.23. The van der Waals surface area contributed by atoms with E-state index in [9.17, 15) is 9.59 Å². The molecule has 1 saturated heterocycles. The van der Waals surface area contributed by atoms with Gasteiger partial charge in [0.25, 0.3) is 0 Å². The zero-order chi connectivity index (χ0) is 17.5. The van der Waals surface area contributed by atoms with Crippen LogP contribution in [0.1, 0.15) is 37.8 Å². The molecule has 1 aromatic carbocycles. The van der Waals surface area contributed by atoms with E-state index in [0.29, 0.717) is 24.5 Å². The molecule has 132 valence electrons. The van der Waals surface area contributed by atoms with Crippen molar-refractivity contribution in [1.29, 1.82) is 0 Å². The Morgan fingerprint density at radius 2 is 2.08 bits per heavy atom. The molecule has 0 aromatic heterocycles. The monoisotopic (exact) mass is 335 g/mol. The van der Waals surface area contributed by atoms with E-state index in [-0.39, 0.29) is 18.0 Å². The summed E-state index contributed by atoms with van der Waals surface area (Å²) >= 11 is 0. The van der Waals surface area contributed by atoms with Gasteiger partial charge in [0.1, 0.15) is 17.5 Å². The van der Waals surface area contributed by atoms with Crippen molar-refractivity contribution >= 4 is 11.9 Å². The van der Waals surface area contributed by atoms with E-state index in [1.807, 2.05) is 19.1 Å². The lowest BCUT2D eigenvalue weighted by molar-refractivity contribution is -0.122. The third-order valence-electron chi connectivity index (χ3n) is 4.10. The van der Waals surface area contributed by atoms with Crippen molar-refractivity contribution in [2.75, 3.05) is 20.8 Å². The van der Waals surface area contributed by atoms with Gasteiger partial charge in [-0.15, -0.1) is 0 Å². The zero-order valence-corrected chi connectivity index (χ0v) is 14.3. The van der Waals surface area contributed by atoms with Gasteiger partial charge >= 0.3 is 6.03 Å². The van der Waals surface area contributed by atoms with Crippen LogP contribution in [-0.2, 0) is 4.79 Å². The van der Waals surface area contributed by atoms with Crippen LogP contribution in [0.4, 0.5) is 4.79 Å². The first-order valence-electron chi connectivity index (χ1n) is 8.11. The Kier molecular flexibility index (Phi) is 6.28. The topological polar surface area (TPSA) is 88.7 Å². The number of hydrogen-bond donors (Lipinski definition) is 3. The quantitative estimate of drug-likeness (QED) is 0.765. The Balaban J connectivity index is 1.99. The summed E-state index contributed by atoms with van der Waals surface area (Å²) in [4.78, 5) is 24.1. The maximum atomic E-state index is 12.2. The van der Waals surface area contributed by atoms with Gasteiger partial charge in [0.2, 0.25) is 5.91 Å². The van der Waals surface area contributed by atoms with Crippen LogP contribution >= 0.6 is 0 Å². The number of rotatable bonds is 5. The minimum Gasteiger partial charge on any atom is -0.497 e. The van der Waals surface area contributed by atoms with Crippen LogP contribution in [0.25, 0.3) is 0 Å². The van der Waals surface area contributed by atoms with Crippen molar-refractivity contribution in [1.82, 2.24) is 16.0 Å². The molecule has 0 bridgehead atoms. The average Bonchev–Trinajstić information content (AvgIpc) is 2.78. The third-order valence-corrected chi connectivity index (χ3v) is 4.10. The van der Waals surface area contributed by atoms with E-state index in [1.54, 1.807) is 20.3 Å². The summed E-state index contributed by atoms with van der Waals surface area (Å²) in [6, 6.07) is 4.29. The van der Waals surface area contributed by atoms with Crippen molar-refractivity contribution in [2.45, 2.75) is 38.3 Å². The SMILES string of the molecule is COc1ccc([C@@H](C)NC(=O)N[C@H]2CCCCNC2=O)c(OC)c1. The summed E-state index contributed by atoms with van der Waals surface area (Å²) in [5.41, 5.74) is 0.832. The second-order valence-electron chi connectivity index (χ2n) is 5.79. The Hall–Kier alpha value is -2.44. The maximum absolute atomic E-state index is 12.2. The van der Waals surface area contributed by atoms with Gasteiger partial charge in [-0.05, 0) is 38.3 Å². The summed E-state index contributed by atoms with van der Waals surface area (Å²) < 4.78 is 10.5. The summed E-state index contributed by atoms with van der Waals surface area (Å²) in [7, 11) is 3.16. The number of amides is 3. The van der Waals surface area contributed by atoms with Crippen LogP contribution in [0.5, 0.6) is 11.5 Å². The number of carbonyl (C=O) groups is 2. The lowest BCUT2D eigenvalue weighted by atomic mass is 10.1. The number of ether oxygens (including phenoxy) is 2. The van der Waals surface area contributed by atoms with Crippen LogP contribution in [-0.4, -0.2) is 38.7 Å². The molecule has 2 rings (SSSR count). The molecular weight excluding hydrogens is 310 g/mol. The van der Waals surface area contributed by atoms with Gasteiger partial charge in [0.15, 0.2) is 0 Å². The minimum atomic E-state index is -0.488. The fourth-order valence-corrected chi connectivity index (χ4v) is 2.73. The third kappa shape index (κ3) is 4.53. The summed E-state index contributed by atoms with van der Waals surface area (Å²) in [6.07, 6.45) is 2.50. The Labute approximate surface area is 142 Å². The standard InChI is InChI=1S/C17H25N3O4/c1-11(13-8-7-12(23-2)10-15(13)24-3)19-17(22)20-14-6-4-5-9-18-16(14)21/h7-8,10-11,14H,4-6,9H2,1-3H3,(H,18,21)(H2,19,20,22)/t11-,14+/m1/s1. The van der Waals surface area contributed by atoms with Crippen LogP contribution < -0.4 is 25.4 Å². The highest BCUT2D eigenvalue weighted by molar-refractivity contribution is 5.87. The van der Waals surface area contributed by atoms with Crippen LogP contribution in [0.2, 0.25) is 0 Å². The molecule has 7 heteroatoms. The van der Waals surface area contributed by atoms with Crippen molar-refractivity contribution in [3.05, 3.63) is 23.8 Å². The van der Waals surface area contributed by atoms with E-state index in [4.69, 9.17) is 9.47 Å². The van der Waals surface area contributed by atoms with Gasteiger partial charge in [-0.1, -0.05) is 0 Å². The Morgan fingerprint density at radius 1 is 1.29 bits per heavy atom. The van der Waals surface area contributed by atoms with Crippen molar-refractivity contribution < 1.29 is 19.1 Å². The van der Waals surface area contributed by atoms with E-state index in [0.717, 1.165) is 18.4 Å². The number of methoxy groups -OCH3 is 2. The predicted octanol–water partition coefficient (Wildman–Crippen LogP) is 1.73. The molecule has 0 saturated carbocycles. The predicted molar refractivity (Wildman–Crippen MR) is 90.3 cm³/mol. The molecule has 3 amide bonds. The van der Waals surface area contributed by atoms with E-state index >= 15 is 0 Å². The normalized spacial score (nSPS) is 18.8. The fraction of sp³-hybridized carbons (Fsp3) is 0.529. The molecule has 0 spiro atoms.